The second kappa shape index (κ2) is 8.20. The van der Waals surface area contributed by atoms with Crippen molar-refractivity contribution in [1.29, 1.82) is 0 Å². The first-order valence-electron chi connectivity index (χ1n) is 10.2. The van der Waals surface area contributed by atoms with E-state index in [0.717, 1.165) is 28.1 Å². The van der Waals surface area contributed by atoms with Gasteiger partial charge in [0, 0.05) is 43.6 Å². The SMILES string of the molecule is C[N+](C)(c1ccc(C2=CC3(CCN(CC(=O)O)CC3)Oc3ccccc32)cc1)S(=O)O. The van der Waals surface area contributed by atoms with Crippen LogP contribution in [0.1, 0.15) is 24.0 Å². The lowest BCUT2D eigenvalue weighted by atomic mass is 9.83. The van der Waals surface area contributed by atoms with Crippen LogP contribution in [0, 0.1) is 0 Å². The molecule has 2 N–H and O–H groups in total. The molecule has 4 rings (SSSR count). The molecule has 2 aliphatic rings. The minimum Gasteiger partial charge on any atom is -0.482 e. The van der Waals surface area contributed by atoms with E-state index in [1.165, 1.54) is 0 Å². The van der Waals surface area contributed by atoms with Gasteiger partial charge in [0.25, 0.3) is 0 Å². The summed E-state index contributed by atoms with van der Waals surface area (Å²) in [6.45, 7) is 1.36. The number of hydrogen-bond acceptors (Lipinski definition) is 4. The van der Waals surface area contributed by atoms with Gasteiger partial charge in [-0.3, -0.25) is 14.2 Å². The molecule has 0 amide bonds. The molecular weight excluding hydrogens is 416 g/mol. The van der Waals surface area contributed by atoms with Gasteiger partial charge in [-0.05, 0) is 35.4 Å². The Labute approximate surface area is 184 Å². The number of fused-ring (bicyclic) bond motifs is 1. The molecule has 1 saturated heterocycles. The average Bonchev–Trinajstić information content (AvgIpc) is 2.75. The molecule has 0 bridgehead atoms. The Morgan fingerprint density at radius 2 is 1.77 bits per heavy atom. The van der Waals surface area contributed by atoms with Crippen molar-refractivity contribution in [2.24, 2.45) is 0 Å². The molecule has 7 nitrogen and oxygen atoms in total. The summed E-state index contributed by atoms with van der Waals surface area (Å²) in [4.78, 5) is 13.0. The van der Waals surface area contributed by atoms with E-state index in [4.69, 9.17) is 9.84 Å². The maximum atomic E-state index is 11.7. The molecular formula is C23H27N2O5S+. The van der Waals surface area contributed by atoms with Crippen LogP contribution in [0.4, 0.5) is 5.69 Å². The van der Waals surface area contributed by atoms with Gasteiger partial charge < -0.3 is 9.84 Å². The van der Waals surface area contributed by atoms with E-state index in [2.05, 4.69) is 6.08 Å². The third-order valence-electron chi connectivity index (χ3n) is 6.15. The summed E-state index contributed by atoms with van der Waals surface area (Å²) >= 11 is -2.03. The summed E-state index contributed by atoms with van der Waals surface area (Å²) in [7, 11) is 3.38. The second-order valence-electron chi connectivity index (χ2n) is 8.52. The van der Waals surface area contributed by atoms with Crippen LogP contribution in [-0.4, -0.2) is 64.1 Å². The number of para-hydroxylation sites is 1. The van der Waals surface area contributed by atoms with Crippen LogP contribution in [0.25, 0.3) is 5.57 Å². The maximum Gasteiger partial charge on any atom is 0.363 e. The van der Waals surface area contributed by atoms with Gasteiger partial charge in [-0.1, -0.05) is 18.2 Å². The van der Waals surface area contributed by atoms with Gasteiger partial charge in [0.2, 0.25) is 0 Å². The molecule has 164 valence electrons. The van der Waals surface area contributed by atoms with Crippen LogP contribution in [0.15, 0.2) is 54.6 Å². The van der Waals surface area contributed by atoms with Crippen molar-refractivity contribution in [2.45, 2.75) is 18.4 Å². The number of likely N-dealkylation sites (tertiary alicyclic amines) is 1. The largest absolute Gasteiger partial charge is 0.482 e. The first kappa shape index (κ1) is 21.7. The van der Waals surface area contributed by atoms with Gasteiger partial charge >= 0.3 is 17.2 Å². The Morgan fingerprint density at radius 1 is 1.13 bits per heavy atom. The molecule has 1 atom stereocenters. The van der Waals surface area contributed by atoms with Crippen molar-refractivity contribution >= 4 is 28.5 Å². The van der Waals surface area contributed by atoms with Crippen LogP contribution >= 0.6 is 0 Å². The first-order valence-corrected chi connectivity index (χ1v) is 11.3. The van der Waals surface area contributed by atoms with Crippen molar-refractivity contribution in [3.63, 3.8) is 0 Å². The predicted octanol–water partition coefficient (Wildman–Crippen LogP) is 3.13. The zero-order valence-corrected chi connectivity index (χ0v) is 18.5. The number of aliphatic carboxylic acids is 1. The highest BCUT2D eigenvalue weighted by Gasteiger charge is 2.39. The summed E-state index contributed by atoms with van der Waals surface area (Å²) in [6, 6.07) is 15.6. The van der Waals surface area contributed by atoms with Gasteiger partial charge in [-0.25, -0.2) is 0 Å². The Hall–Kier alpha value is -2.52. The van der Waals surface area contributed by atoms with E-state index in [0.29, 0.717) is 25.9 Å². The summed E-state index contributed by atoms with van der Waals surface area (Å²) < 4.78 is 27.6. The Kier molecular flexibility index (Phi) is 5.74. The number of hydrogen-bond donors (Lipinski definition) is 2. The molecule has 2 aromatic rings. The highest BCUT2D eigenvalue weighted by atomic mass is 32.2. The van der Waals surface area contributed by atoms with E-state index in [1.54, 1.807) is 14.1 Å². The monoisotopic (exact) mass is 443 g/mol. The summed E-state index contributed by atoms with van der Waals surface area (Å²) in [5.41, 5.74) is 3.35. The number of quaternary nitrogens is 1. The predicted molar refractivity (Wildman–Crippen MR) is 121 cm³/mol. The van der Waals surface area contributed by atoms with Crippen molar-refractivity contribution in [3.8, 4) is 5.75 Å². The molecule has 0 saturated carbocycles. The van der Waals surface area contributed by atoms with Gasteiger partial charge in [0.05, 0.1) is 20.6 Å². The van der Waals surface area contributed by atoms with E-state index in [-0.39, 0.29) is 10.4 Å². The molecule has 2 aliphatic heterocycles. The molecule has 0 aromatic heterocycles. The minimum atomic E-state index is -2.03. The number of rotatable bonds is 5. The average molecular weight is 444 g/mol. The van der Waals surface area contributed by atoms with Crippen molar-refractivity contribution in [3.05, 3.63) is 65.7 Å². The molecule has 1 unspecified atom stereocenters. The lowest BCUT2D eigenvalue weighted by Crippen LogP contribution is -2.49. The number of piperidine rings is 1. The fourth-order valence-electron chi connectivity index (χ4n) is 4.22. The second-order valence-corrected chi connectivity index (χ2v) is 9.89. The molecule has 8 heteroatoms. The van der Waals surface area contributed by atoms with E-state index >= 15 is 0 Å². The summed E-state index contributed by atoms with van der Waals surface area (Å²) in [5.74, 6) is 0.00986. The number of benzene rings is 2. The Bertz CT molecular complexity index is 1040. The molecule has 0 aliphatic carbocycles. The zero-order valence-electron chi connectivity index (χ0n) is 17.7. The fraction of sp³-hybridized carbons (Fsp3) is 0.348. The van der Waals surface area contributed by atoms with Crippen LogP contribution in [0.5, 0.6) is 5.75 Å². The fourth-order valence-corrected chi connectivity index (χ4v) is 4.53. The van der Waals surface area contributed by atoms with Crippen LogP contribution in [-0.2, 0) is 16.1 Å². The lowest BCUT2D eigenvalue weighted by Gasteiger charge is -2.42. The minimum absolute atomic E-state index is 0.0466. The van der Waals surface area contributed by atoms with E-state index in [1.807, 2.05) is 53.4 Å². The van der Waals surface area contributed by atoms with Crippen molar-refractivity contribution in [2.75, 3.05) is 33.7 Å². The molecule has 31 heavy (non-hydrogen) atoms. The summed E-state index contributed by atoms with van der Waals surface area (Å²) in [6.07, 6.45) is 3.60. The third kappa shape index (κ3) is 4.29. The lowest BCUT2D eigenvalue weighted by molar-refractivity contribution is -0.139. The smallest absolute Gasteiger partial charge is 0.363 e. The normalized spacial score (nSPS) is 19.3. The van der Waals surface area contributed by atoms with E-state index in [9.17, 15) is 13.6 Å². The third-order valence-corrected chi connectivity index (χ3v) is 7.14. The zero-order chi connectivity index (χ0) is 22.2. The van der Waals surface area contributed by atoms with Gasteiger partial charge in [-0.2, -0.15) is 8.10 Å². The molecule has 0 radical (unpaired) electrons. The van der Waals surface area contributed by atoms with Gasteiger partial charge in [0.1, 0.15) is 17.0 Å². The van der Waals surface area contributed by atoms with Gasteiger partial charge in [0.15, 0.2) is 0 Å². The van der Waals surface area contributed by atoms with Crippen LogP contribution in [0.3, 0.4) is 0 Å². The number of carboxylic acids is 1. The van der Waals surface area contributed by atoms with Crippen molar-refractivity contribution < 1.29 is 23.4 Å². The Morgan fingerprint density at radius 3 is 2.39 bits per heavy atom. The molecule has 2 heterocycles. The highest BCUT2D eigenvalue weighted by molar-refractivity contribution is 7.78. The summed E-state index contributed by atoms with van der Waals surface area (Å²) in [5, 5.41) is 9.08. The molecule has 1 fully saturated rings. The number of nitrogens with zero attached hydrogens (tertiary/aromatic N) is 2. The van der Waals surface area contributed by atoms with Crippen LogP contribution in [0.2, 0.25) is 0 Å². The Balaban J connectivity index is 1.68. The quantitative estimate of drug-likeness (QED) is 0.545. The van der Waals surface area contributed by atoms with Crippen molar-refractivity contribution in [1.82, 2.24) is 8.79 Å². The number of carboxylic acid groups (broad SMARTS) is 1. The first-order chi connectivity index (χ1) is 14.7. The van der Waals surface area contributed by atoms with E-state index < -0.39 is 22.8 Å². The molecule has 2 aromatic carbocycles. The standard InChI is InChI=1S/C23H26N2O5S/c1-25(2,31(28)29)18-9-7-17(8-10-18)20-15-23(30-21-6-4-3-5-19(20)21)11-13-24(14-12-23)16-22(26)27/h3-10,15H,11-14,16H2,1-2H3,(H-,26,27,28,29)/p+1. The number of carbonyl (C=O) groups is 1. The van der Waals surface area contributed by atoms with Gasteiger partial charge in [-0.15, -0.1) is 0 Å². The maximum absolute atomic E-state index is 11.7. The molecule has 1 spiro atoms. The van der Waals surface area contributed by atoms with Crippen LogP contribution < -0.4 is 8.63 Å². The highest BCUT2D eigenvalue weighted by Crippen LogP contribution is 2.43. The topological polar surface area (TPSA) is 87.1 Å². The number of ether oxygens (including phenoxy) is 1.